The summed E-state index contributed by atoms with van der Waals surface area (Å²) >= 11 is 12.6. The first-order valence-electron chi connectivity index (χ1n) is 10.5. The Morgan fingerprint density at radius 1 is 1.13 bits per heavy atom. The molecule has 174 valence electrons. The van der Waals surface area contributed by atoms with Gasteiger partial charge in [0.15, 0.2) is 5.60 Å². The summed E-state index contributed by atoms with van der Waals surface area (Å²) in [4.78, 5) is 13.8. The van der Waals surface area contributed by atoms with Crippen molar-refractivity contribution in [1.29, 1.82) is 0 Å². The first kappa shape index (κ1) is 24.6. The Hall–Kier alpha value is -1.06. The molecular formula is C21H30Cl2N2O5S. The number of carboxylic acid groups (broad SMARTS) is 1. The average Bonchev–Trinajstić information content (AvgIpc) is 2.71. The van der Waals surface area contributed by atoms with Crippen LogP contribution in [0.1, 0.15) is 38.7 Å². The molecule has 1 N–H and O–H groups in total. The van der Waals surface area contributed by atoms with E-state index in [1.54, 1.807) is 6.92 Å². The van der Waals surface area contributed by atoms with E-state index in [2.05, 4.69) is 4.90 Å². The fourth-order valence-electron chi connectivity index (χ4n) is 4.06. The molecule has 1 aromatic carbocycles. The lowest BCUT2D eigenvalue weighted by atomic mass is 9.93. The molecule has 10 heteroatoms. The zero-order valence-corrected chi connectivity index (χ0v) is 20.4. The molecule has 0 aromatic heterocycles. The molecule has 7 nitrogen and oxygen atoms in total. The van der Waals surface area contributed by atoms with Crippen LogP contribution in [0.3, 0.4) is 0 Å². The Labute approximate surface area is 194 Å². The molecule has 1 aliphatic heterocycles. The van der Waals surface area contributed by atoms with Crippen LogP contribution < -0.4 is 4.74 Å². The van der Waals surface area contributed by atoms with Gasteiger partial charge in [0.25, 0.3) is 0 Å². The number of hydrogen-bond donors (Lipinski definition) is 1. The monoisotopic (exact) mass is 492 g/mol. The van der Waals surface area contributed by atoms with Crippen molar-refractivity contribution in [2.45, 2.75) is 67.3 Å². The fraction of sp³-hybridized carbons (Fsp3) is 0.667. The molecule has 2 aliphatic rings. The molecule has 3 rings (SSSR count). The normalized spacial score (nSPS) is 26.5. The number of hydrogen-bond acceptors (Lipinski definition) is 5. The van der Waals surface area contributed by atoms with E-state index in [9.17, 15) is 18.3 Å². The molecule has 0 radical (unpaired) electrons. The zero-order chi connectivity index (χ0) is 23.0. The van der Waals surface area contributed by atoms with Gasteiger partial charge >= 0.3 is 5.97 Å². The Morgan fingerprint density at radius 2 is 1.77 bits per heavy atom. The molecule has 0 spiro atoms. The van der Waals surface area contributed by atoms with Crippen molar-refractivity contribution in [1.82, 2.24) is 9.21 Å². The van der Waals surface area contributed by atoms with Crippen molar-refractivity contribution >= 4 is 39.2 Å². The van der Waals surface area contributed by atoms with Gasteiger partial charge < -0.3 is 9.84 Å². The zero-order valence-electron chi connectivity index (χ0n) is 18.1. The molecule has 1 saturated carbocycles. The summed E-state index contributed by atoms with van der Waals surface area (Å²) < 4.78 is 33.4. The van der Waals surface area contributed by atoms with E-state index in [1.165, 1.54) is 36.4 Å². The van der Waals surface area contributed by atoms with Gasteiger partial charge in [-0.25, -0.2) is 13.2 Å². The highest BCUT2D eigenvalue weighted by Crippen LogP contribution is 2.32. The number of ether oxygens (including phenoxy) is 1. The molecule has 1 aliphatic carbocycles. The maximum Gasteiger partial charge on any atom is 0.347 e. The van der Waals surface area contributed by atoms with E-state index in [-0.39, 0.29) is 15.6 Å². The van der Waals surface area contributed by atoms with E-state index in [0.717, 1.165) is 19.3 Å². The third-order valence-corrected chi connectivity index (χ3v) is 9.15. The standard InChI is InChI=1S/C21H30Cl2N2O5S/c1-14-12-16(5-7-19(14)30-21(2,3)20(26)27)31(28,29)25-10-8-24(9-11-25)15-4-6-17(22)18(23)13-15/h5,7,12,15,17-18H,4,6,8-11,13H2,1-3H3,(H,26,27)/t15-,17?,18?/m0/s1. The molecule has 2 unspecified atom stereocenters. The van der Waals surface area contributed by atoms with E-state index in [0.29, 0.717) is 43.5 Å². The third kappa shape index (κ3) is 5.47. The van der Waals surface area contributed by atoms with Crippen molar-refractivity contribution in [2.24, 2.45) is 0 Å². The number of nitrogens with zero attached hydrogens (tertiary/aromatic N) is 2. The van der Waals surface area contributed by atoms with E-state index in [1.807, 2.05) is 0 Å². The number of piperazine rings is 1. The van der Waals surface area contributed by atoms with Gasteiger partial charge in [-0.3, -0.25) is 4.90 Å². The number of halogens is 2. The van der Waals surface area contributed by atoms with Crippen molar-refractivity contribution < 1.29 is 23.1 Å². The molecule has 1 saturated heterocycles. The van der Waals surface area contributed by atoms with E-state index < -0.39 is 21.6 Å². The smallest absolute Gasteiger partial charge is 0.347 e. The van der Waals surface area contributed by atoms with Crippen LogP contribution in [-0.4, -0.2) is 77.3 Å². The van der Waals surface area contributed by atoms with Gasteiger partial charge in [0, 0.05) is 32.2 Å². The summed E-state index contributed by atoms with van der Waals surface area (Å²) in [6.07, 6.45) is 2.69. The van der Waals surface area contributed by atoms with Crippen molar-refractivity contribution in [3.8, 4) is 5.75 Å². The lowest BCUT2D eigenvalue weighted by Gasteiger charge is -2.42. The highest BCUT2D eigenvalue weighted by molar-refractivity contribution is 7.89. The Morgan fingerprint density at radius 3 is 2.32 bits per heavy atom. The molecule has 0 bridgehead atoms. The minimum absolute atomic E-state index is 0.0100. The van der Waals surface area contributed by atoms with Gasteiger partial charge in [-0.1, -0.05) is 0 Å². The molecule has 2 fully saturated rings. The van der Waals surface area contributed by atoms with Crippen LogP contribution in [0.15, 0.2) is 23.1 Å². The van der Waals surface area contributed by atoms with Gasteiger partial charge in [-0.15, -0.1) is 23.2 Å². The Bertz CT molecular complexity index is 916. The maximum atomic E-state index is 13.2. The van der Waals surface area contributed by atoms with Crippen molar-refractivity contribution in [3.05, 3.63) is 23.8 Å². The van der Waals surface area contributed by atoms with Gasteiger partial charge in [0.2, 0.25) is 10.0 Å². The fourth-order valence-corrected chi connectivity index (χ4v) is 6.13. The summed E-state index contributed by atoms with van der Waals surface area (Å²) in [5.41, 5.74) is -0.841. The first-order valence-corrected chi connectivity index (χ1v) is 12.8. The lowest BCUT2D eigenvalue weighted by molar-refractivity contribution is -0.152. The molecule has 3 atom stereocenters. The molecule has 1 heterocycles. The predicted molar refractivity (Wildman–Crippen MR) is 121 cm³/mol. The Kier molecular flexibility index (Phi) is 7.48. The quantitative estimate of drug-likeness (QED) is 0.612. The van der Waals surface area contributed by atoms with Crippen LogP contribution in [0.25, 0.3) is 0 Å². The van der Waals surface area contributed by atoms with E-state index >= 15 is 0 Å². The second kappa shape index (κ2) is 9.43. The molecule has 0 amide bonds. The molecule has 31 heavy (non-hydrogen) atoms. The van der Waals surface area contributed by atoms with Crippen molar-refractivity contribution in [3.63, 3.8) is 0 Å². The summed E-state index contributed by atoms with van der Waals surface area (Å²) in [5, 5.41) is 9.21. The second-order valence-electron chi connectivity index (χ2n) is 8.78. The maximum absolute atomic E-state index is 13.2. The van der Waals surface area contributed by atoms with Crippen LogP contribution >= 0.6 is 23.2 Å². The third-order valence-electron chi connectivity index (χ3n) is 6.12. The number of rotatable bonds is 6. The number of alkyl halides is 2. The highest BCUT2D eigenvalue weighted by atomic mass is 35.5. The van der Waals surface area contributed by atoms with E-state index in [4.69, 9.17) is 27.9 Å². The summed E-state index contributed by atoms with van der Waals surface area (Å²) in [6.45, 7) is 6.76. The summed E-state index contributed by atoms with van der Waals surface area (Å²) in [6, 6.07) is 4.88. The van der Waals surface area contributed by atoms with Crippen LogP contribution in [-0.2, 0) is 14.8 Å². The number of carboxylic acids is 1. The highest BCUT2D eigenvalue weighted by Gasteiger charge is 2.35. The van der Waals surface area contributed by atoms with Gasteiger partial charge in [0.1, 0.15) is 5.75 Å². The predicted octanol–water partition coefficient (Wildman–Crippen LogP) is 3.31. The minimum Gasteiger partial charge on any atom is -0.478 e. The van der Waals surface area contributed by atoms with Crippen LogP contribution in [0.4, 0.5) is 0 Å². The van der Waals surface area contributed by atoms with Gasteiger partial charge in [-0.2, -0.15) is 4.31 Å². The minimum atomic E-state index is -3.65. The topological polar surface area (TPSA) is 87.2 Å². The van der Waals surface area contributed by atoms with Crippen LogP contribution in [0.5, 0.6) is 5.75 Å². The van der Waals surface area contributed by atoms with Crippen LogP contribution in [0, 0.1) is 6.92 Å². The summed E-state index contributed by atoms with van der Waals surface area (Å²) in [5.74, 6) is -0.747. The molecular weight excluding hydrogens is 463 g/mol. The number of sulfonamides is 1. The number of aryl methyl sites for hydroxylation is 1. The average molecular weight is 493 g/mol. The number of carbonyl (C=O) groups is 1. The molecule has 1 aromatic rings. The summed E-state index contributed by atoms with van der Waals surface area (Å²) in [7, 11) is -3.65. The Balaban J connectivity index is 1.66. The van der Waals surface area contributed by atoms with Crippen molar-refractivity contribution in [2.75, 3.05) is 26.2 Å². The number of aliphatic carboxylic acids is 1. The second-order valence-corrected chi connectivity index (χ2v) is 11.8. The van der Waals surface area contributed by atoms with Gasteiger partial charge in [0.05, 0.1) is 15.6 Å². The largest absolute Gasteiger partial charge is 0.478 e. The first-order chi connectivity index (χ1) is 14.4. The lowest BCUT2D eigenvalue weighted by Crippen LogP contribution is -2.53. The number of benzene rings is 1. The SMILES string of the molecule is Cc1cc(S(=O)(=O)N2CCN([C@H]3CCC(Cl)C(Cl)C3)CC2)ccc1OC(C)(C)C(=O)O. The van der Waals surface area contributed by atoms with Gasteiger partial charge in [-0.05, 0) is 63.8 Å². The van der Waals surface area contributed by atoms with Crippen LogP contribution in [0.2, 0.25) is 0 Å².